The molecular formula is C13H11ClN2O4. The lowest BCUT2D eigenvalue weighted by Gasteiger charge is -1.98. The molecule has 3 rings (SSSR count). The Hall–Kier alpha value is -2.08. The summed E-state index contributed by atoms with van der Waals surface area (Å²) >= 11 is 5.69. The topological polar surface area (TPSA) is 78.4 Å². The van der Waals surface area contributed by atoms with Gasteiger partial charge in [-0.15, -0.1) is 11.6 Å². The molecule has 3 aromatic rings. The van der Waals surface area contributed by atoms with Crippen LogP contribution in [0.5, 0.6) is 0 Å². The maximum absolute atomic E-state index is 11.5. The van der Waals surface area contributed by atoms with E-state index < -0.39 is 0 Å². The van der Waals surface area contributed by atoms with Gasteiger partial charge in [0.2, 0.25) is 5.89 Å². The minimum Gasteiger partial charge on any atom is -0.466 e. The summed E-state index contributed by atoms with van der Waals surface area (Å²) in [6, 6.07) is 3.46. The highest BCUT2D eigenvalue weighted by molar-refractivity contribution is 6.16. The van der Waals surface area contributed by atoms with E-state index in [2.05, 4.69) is 10.1 Å². The molecule has 0 amide bonds. The summed E-state index contributed by atoms with van der Waals surface area (Å²) < 4.78 is 15.5. The van der Waals surface area contributed by atoms with E-state index in [1.165, 1.54) is 0 Å². The highest BCUT2D eigenvalue weighted by Gasteiger charge is 2.16. The van der Waals surface area contributed by atoms with Crippen molar-refractivity contribution in [3.05, 3.63) is 23.7 Å². The van der Waals surface area contributed by atoms with Crippen LogP contribution >= 0.6 is 11.6 Å². The first kappa shape index (κ1) is 12.9. The van der Waals surface area contributed by atoms with Crippen LogP contribution in [0.4, 0.5) is 0 Å². The van der Waals surface area contributed by atoms with Gasteiger partial charge in [-0.3, -0.25) is 4.79 Å². The molecule has 0 radical (unpaired) electrons. The number of carbonyl (C=O) groups is 1. The first-order chi connectivity index (χ1) is 9.71. The molecule has 20 heavy (non-hydrogen) atoms. The third-order valence-corrected chi connectivity index (χ3v) is 3.06. The van der Waals surface area contributed by atoms with Gasteiger partial charge in [-0.25, -0.2) is 4.98 Å². The standard InChI is InChI=1S/C13H11ClN2O4/c1-2-18-13(17)4-8-7-3-9-11(5-10(7)20-16-8)19-12(6-14)15-9/h3,5H,2,4,6H2,1H3. The summed E-state index contributed by atoms with van der Waals surface area (Å²) in [6.07, 6.45) is 0.0621. The largest absolute Gasteiger partial charge is 0.466 e. The molecule has 2 aromatic heterocycles. The highest BCUT2D eigenvalue weighted by atomic mass is 35.5. The Morgan fingerprint density at radius 1 is 1.40 bits per heavy atom. The van der Waals surface area contributed by atoms with Gasteiger partial charge < -0.3 is 13.7 Å². The van der Waals surface area contributed by atoms with E-state index in [0.717, 1.165) is 5.39 Å². The lowest BCUT2D eigenvalue weighted by Crippen LogP contribution is -2.07. The van der Waals surface area contributed by atoms with Crippen molar-refractivity contribution < 1.29 is 18.5 Å². The Morgan fingerprint density at radius 2 is 2.25 bits per heavy atom. The first-order valence-electron chi connectivity index (χ1n) is 6.10. The SMILES string of the molecule is CCOC(=O)Cc1noc2cc3oc(CCl)nc3cc12. The molecule has 6 nitrogen and oxygen atoms in total. The number of esters is 1. The molecule has 0 fully saturated rings. The zero-order valence-electron chi connectivity index (χ0n) is 10.7. The maximum Gasteiger partial charge on any atom is 0.312 e. The zero-order valence-corrected chi connectivity index (χ0v) is 11.4. The number of alkyl halides is 1. The molecule has 7 heteroatoms. The Labute approximate surface area is 118 Å². The van der Waals surface area contributed by atoms with Crippen LogP contribution in [0.3, 0.4) is 0 Å². The molecule has 0 N–H and O–H groups in total. The summed E-state index contributed by atoms with van der Waals surface area (Å²) in [6.45, 7) is 2.09. The Morgan fingerprint density at radius 3 is 3.00 bits per heavy atom. The molecule has 0 saturated heterocycles. The number of ether oxygens (including phenoxy) is 1. The number of hydrogen-bond acceptors (Lipinski definition) is 6. The lowest BCUT2D eigenvalue weighted by molar-refractivity contribution is -0.142. The van der Waals surface area contributed by atoms with Crippen molar-refractivity contribution in [1.82, 2.24) is 10.1 Å². The van der Waals surface area contributed by atoms with E-state index in [9.17, 15) is 4.79 Å². The van der Waals surface area contributed by atoms with Gasteiger partial charge in [0.25, 0.3) is 0 Å². The third kappa shape index (κ3) is 2.22. The van der Waals surface area contributed by atoms with Gasteiger partial charge >= 0.3 is 5.97 Å². The van der Waals surface area contributed by atoms with E-state index >= 15 is 0 Å². The van der Waals surface area contributed by atoms with Crippen molar-refractivity contribution in [2.45, 2.75) is 19.2 Å². The van der Waals surface area contributed by atoms with Gasteiger partial charge in [-0.2, -0.15) is 0 Å². The quantitative estimate of drug-likeness (QED) is 0.544. The van der Waals surface area contributed by atoms with Crippen LogP contribution in [0.15, 0.2) is 21.1 Å². The first-order valence-corrected chi connectivity index (χ1v) is 6.64. The van der Waals surface area contributed by atoms with Crippen LogP contribution in [0.1, 0.15) is 18.5 Å². The van der Waals surface area contributed by atoms with E-state index in [0.29, 0.717) is 34.9 Å². The van der Waals surface area contributed by atoms with Crippen molar-refractivity contribution >= 4 is 39.6 Å². The predicted octanol–water partition coefficient (Wildman–Crippen LogP) is 2.81. The summed E-state index contributed by atoms with van der Waals surface area (Å²) in [5, 5.41) is 4.61. The van der Waals surface area contributed by atoms with E-state index in [1.54, 1.807) is 19.1 Å². The highest BCUT2D eigenvalue weighted by Crippen LogP contribution is 2.26. The number of halogens is 1. The zero-order chi connectivity index (χ0) is 14.1. The average Bonchev–Trinajstić information content (AvgIpc) is 3.00. The molecule has 0 unspecified atom stereocenters. The van der Waals surface area contributed by atoms with Crippen molar-refractivity contribution in [1.29, 1.82) is 0 Å². The van der Waals surface area contributed by atoms with Gasteiger partial charge in [0.15, 0.2) is 11.2 Å². The van der Waals surface area contributed by atoms with Crippen LogP contribution in [0.2, 0.25) is 0 Å². The molecule has 0 aliphatic heterocycles. The van der Waals surface area contributed by atoms with Gasteiger partial charge in [-0.05, 0) is 13.0 Å². The second-order valence-electron chi connectivity index (χ2n) is 4.17. The number of carbonyl (C=O) groups excluding carboxylic acids is 1. The van der Waals surface area contributed by atoms with Crippen molar-refractivity contribution in [3.8, 4) is 0 Å². The maximum atomic E-state index is 11.5. The normalized spacial score (nSPS) is 11.3. The van der Waals surface area contributed by atoms with Gasteiger partial charge in [0, 0.05) is 11.5 Å². The summed E-state index contributed by atoms with van der Waals surface area (Å²) in [4.78, 5) is 15.7. The van der Waals surface area contributed by atoms with E-state index in [-0.39, 0.29) is 18.3 Å². The van der Waals surface area contributed by atoms with Crippen molar-refractivity contribution in [2.24, 2.45) is 0 Å². The molecule has 0 atom stereocenters. The number of aromatic nitrogens is 2. The van der Waals surface area contributed by atoms with E-state index in [1.807, 2.05) is 0 Å². The lowest BCUT2D eigenvalue weighted by atomic mass is 10.1. The Kier molecular flexibility index (Phi) is 3.31. The third-order valence-electron chi connectivity index (χ3n) is 2.83. The minimum absolute atomic E-state index is 0.0621. The van der Waals surface area contributed by atoms with Crippen LogP contribution in [0.25, 0.3) is 22.1 Å². The number of fused-ring (bicyclic) bond motifs is 2. The fourth-order valence-electron chi connectivity index (χ4n) is 1.99. The molecule has 0 aliphatic rings. The molecular weight excluding hydrogens is 284 g/mol. The number of rotatable bonds is 4. The molecule has 0 bridgehead atoms. The number of oxazole rings is 1. The fraction of sp³-hybridized carbons (Fsp3) is 0.308. The number of nitrogens with zero attached hydrogens (tertiary/aromatic N) is 2. The van der Waals surface area contributed by atoms with Crippen molar-refractivity contribution in [3.63, 3.8) is 0 Å². The predicted molar refractivity (Wildman–Crippen MR) is 71.5 cm³/mol. The molecule has 0 spiro atoms. The summed E-state index contributed by atoms with van der Waals surface area (Å²) in [5.74, 6) is 0.294. The van der Waals surface area contributed by atoms with Gasteiger partial charge in [-0.1, -0.05) is 5.16 Å². The number of hydrogen-bond donors (Lipinski definition) is 0. The smallest absolute Gasteiger partial charge is 0.312 e. The number of benzene rings is 1. The summed E-state index contributed by atoms with van der Waals surface area (Å²) in [5.41, 5.74) is 2.29. The molecule has 0 saturated carbocycles. The molecule has 0 aliphatic carbocycles. The molecule has 104 valence electrons. The van der Waals surface area contributed by atoms with Crippen LogP contribution < -0.4 is 0 Å². The van der Waals surface area contributed by atoms with Crippen molar-refractivity contribution in [2.75, 3.05) is 6.61 Å². The Bertz CT molecular complexity index is 777. The monoisotopic (exact) mass is 294 g/mol. The second-order valence-corrected chi connectivity index (χ2v) is 4.44. The molecule has 1 aromatic carbocycles. The summed E-state index contributed by atoms with van der Waals surface area (Å²) in [7, 11) is 0. The second kappa shape index (κ2) is 5.13. The average molecular weight is 295 g/mol. The van der Waals surface area contributed by atoms with Gasteiger partial charge in [0.1, 0.15) is 11.2 Å². The minimum atomic E-state index is -0.343. The van der Waals surface area contributed by atoms with Crippen LogP contribution in [-0.2, 0) is 21.8 Å². The fourth-order valence-corrected chi connectivity index (χ4v) is 2.11. The van der Waals surface area contributed by atoms with E-state index in [4.69, 9.17) is 25.3 Å². The van der Waals surface area contributed by atoms with Gasteiger partial charge in [0.05, 0.1) is 18.9 Å². The molecule has 2 heterocycles. The van der Waals surface area contributed by atoms with Crippen LogP contribution in [-0.4, -0.2) is 22.7 Å². The van der Waals surface area contributed by atoms with Crippen LogP contribution in [0, 0.1) is 0 Å². The Balaban J connectivity index is 2.04.